The van der Waals surface area contributed by atoms with Crippen LogP contribution in [0.25, 0.3) is 0 Å². The number of amides is 1. The first-order valence-corrected chi connectivity index (χ1v) is 5.32. The Kier molecular flexibility index (Phi) is 3.01. The number of nitrogens with zero attached hydrogens (tertiary/aromatic N) is 1. The zero-order valence-electron chi connectivity index (χ0n) is 9.18. The average molecular weight is 217 g/mol. The number of pyridine rings is 1. The lowest BCUT2D eigenvalue weighted by Gasteiger charge is -2.11. The van der Waals surface area contributed by atoms with Crippen LogP contribution >= 0.6 is 0 Å². The lowest BCUT2D eigenvalue weighted by molar-refractivity contribution is -0.118. The van der Waals surface area contributed by atoms with Crippen molar-refractivity contribution in [3.8, 4) is 0 Å². The van der Waals surface area contributed by atoms with E-state index in [0.717, 1.165) is 11.3 Å². The molecule has 0 saturated carbocycles. The molecule has 0 aliphatic heterocycles. The van der Waals surface area contributed by atoms with Gasteiger partial charge < -0.3 is 11.1 Å². The highest BCUT2D eigenvalue weighted by Gasteiger charge is 2.22. The number of aromatic nitrogens is 1. The van der Waals surface area contributed by atoms with E-state index in [9.17, 15) is 4.79 Å². The van der Waals surface area contributed by atoms with Gasteiger partial charge in [-0.2, -0.15) is 0 Å². The Morgan fingerprint density at radius 3 is 3.00 bits per heavy atom. The van der Waals surface area contributed by atoms with Gasteiger partial charge >= 0.3 is 0 Å². The van der Waals surface area contributed by atoms with Crippen molar-refractivity contribution in [1.82, 2.24) is 4.98 Å². The first-order valence-electron chi connectivity index (χ1n) is 5.32. The minimum atomic E-state index is -0.116. The Morgan fingerprint density at radius 1 is 1.56 bits per heavy atom. The van der Waals surface area contributed by atoms with Crippen LogP contribution in [0.1, 0.15) is 12.0 Å². The Morgan fingerprint density at radius 2 is 2.38 bits per heavy atom. The number of anilines is 1. The van der Waals surface area contributed by atoms with E-state index in [2.05, 4.69) is 10.3 Å². The zero-order chi connectivity index (χ0) is 11.5. The fourth-order valence-corrected chi connectivity index (χ4v) is 1.74. The molecule has 0 aromatic carbocycles. The summed E-state index contributed by atoms with van der Waals surface area (Å²) in [5, 5.41) is 2.86. The molecule has 4 heteroatoms. The topological polar surface area (TPSA) is 68.0 Å². The van der Waals surface area contributed by atoms with E-state index in [1.807, 2.05) is 25.1 Å². The molecule has 16 heavy (non-hydrogen) atoms. The molecule has 1 aliphatic rings. The number of aryl methyl sites for hydroxylation is 1. The molecule has 4 nitrogen and oxygen atoms in total. The van der Waals surface area contributed by atoms with Crippen molar-refractivity contribution >= 4 is 11.6 Å². The summed E-state index contributed by atoms with van der Waals surface area (Å²) in [6, 6.07) is 1.87. The Bertz CT molecular complexity index is 428. The monoisotopic (exact) mass is 217 g/mol. The quantitative estimate of drug-likeness (QED) is 0.732. The Balaban J connectivity index is 2.03. The summed E-state index contributed by atoms with van der Waals surface area (Å²) in [4.78, 5) is 15.8. The fraction of sp³-hybridized carbons (Fsp3) is 0.333. The van der Waals surface area contributed by atoms with Crippen LogP contribution in [0.4, 0.5) is 5.69 Å². The highest BCUT2D eigenvalue weighted by atomic mass is 16.1. The van der Waals surface area contributed by atoms with E-state index in [0.29, 0.717) is 6.42 Å². The molecule has 1 aliphatic carbocycles. The summed E-state index contributed by atoms with van der Waals surface area (Å²) in [6.07, 6.45) is 7.79. The van der Waals surface area contributed by atoms with Gasteiger partial charge in [0.2, 0.25) is 5.91 Å². The number of rotatable bonds is 2. The van der Waals surface area contributed by atoms with Gasteiger partial charge in [-0.25, -0.2) is 0 Å². The maximum atomic E-state index is 11.9. The Hall–Kier alpha value is -1.68. The molecule has 0 radical (unpaired) electrons. The SMILES string of the molecule is Cc1ccncc1NC(=O)C1C=CC(N)C1. The number of nitrogens with one attached hydrogen (secondary N) is 1. The van der Waals surface area contributed by atoms with Gasteiger partial charge in [0.05, 0.1) is 17.8 Å². The summed E-state index contributed by atoms with van der Waals surface area (Å²) >= 11 is 0. The predicted molar refractivity (Wildman–Crippen MR) is 62.8 cm³/mol. The maximum absolute atomic E-state index is 11.9. The third-order valence-electron chi connectivity index (χ3n) is 2.75. The van der Waals surface area contributed by atoms with Crippen LogP contribution in [0.15, 0.2) is 30.6 Å². The molecule has 2 atom stereocenters. The second-order valence-corrected chi connectivity index (χ2v) is 4.07. The highest BCUT2D eigenvalue weighted by Crippen LogP contribution is 2.19. The Labute approximate surface area is 94.6 Å². The number of carbonyl (C=O) groups excluding carboxylic acids is 1. The summed E-state index contributed by atoms with van der Waals surface area (Å²) < 4.78 is 0. The molecule has 1 amide bonds. The van der Waals surface area contributed by atoms with Gasteiger partial charge in [-0.05, 0) is 25.0 Å². The largest absolute Gasteiger partial charge is 0.324 e. The molecular formula is C12H15N3O. The van der Waals surface area contributed by atoms with Crippen LogP contribution in [-0.4, -0.2) is 16.9 Å². The van der Waals surface area contributed by atoms with E-state index >= 15 is 0 Å². The van der Waals surface area contributed by atoms with Gasteiger partial charge in [-0.15, -0.1) is 0 Å². The van der Waals surface area contributed by atoms with Crippen LogP contribution in [-0.2, 0) is 4.79 Å². The van der Waals surface area contributed by atoms with Gasteiger partial charge in [-0.3, -0.25) is 9.78 Å². The van der Waals surface area contributed by atoms with Crippen molar-refractivity contribution in [2.24, 2.45) is 11.7 Å². The van der Waals surface area contributed by atoms with Crippen LogP contribution in [0.2, 0.25) is 0 Å². The first-order chi connectivity index (χ1) is 7.66. The molecule has 2 unspecified atom stereocenters. The van der Waals surface area contributed by atoms with E-state index in [1.165, 1.54) is 0 Å². The molecular weight excluding hydrogens is 202 g/mol. The van der Waals surface area contributed by atoms with Gasteiger partial charge in [0.15, 0.2) is 0 Å². The van der Waals surface area contributed by atoms with E-state index < -0.39 is 0 Å². The molecule has 0 fully saturated rings. The van der Waals surface area contributed by atoms with Crippen LogP contribution in [0.5, 0.6) is 0 Å². The fourth-order valence-electron chi connectivity index (χ4n) is 1.74. The van der Waals surface area contributed by atoms with Gasteiger partial charge in [-0.1, -0.05) is 12.2 Å². The zero-order valence-corrected chi connectivity index (χ0v) is 9.18. The molecule has 1 heterocycles. The molecule has 2 rings (SSSR count). The van der Waals surface area contributed by atoms with Crippen LogP contribution in [0.3, 0.4) is 0 Å². The summed E-state index contributed by atoms with van der Waals surface area (Å²) in [7, 11) is 0. The lowest BCUT2D eigenvalue weighted by atomic mass is 10.1. The molecule has 3 N–H and O–H groups in total. The third kappa shape index (κ3) is 2.28. The highest BCUT2D eigenvalue weighted by molar-refractivity contribution is 5.94. The second-order valence-electron chi connectivity index (χ2n) is 4.07. The molecule has 1 aromatic heterocycles. The minimum absolute atomic E-state index is 0.00532. The summed E-state index contributed by atoms with van der Waals surface area (Å²) in [5.74, 6) is -0.130. The predicted octanol–water partition coefficient (Wildman–Crippen LogP) is 1.23. The third-order valence-corrected chi connectivity index (χ3v) is 2.75. The van der Waals surface area contributed by atoms with Crippen LogP contribution < -0.4 is 11.1 Å². The van der Waals surface area contributed by atoms with Crippen molar-refractivity contribution in [2.75, 3.05) is 5.32 Å². The van der Waals surface area contributed by atoms with E-state index in [-0.39, 0.29) is 17.9 Å². The van der Waals surface area contributed by atoms with Crippen molar-refractivity contribution in [3.05, 3.63) is 36.2 Å². The molecule has 0 saturated heterocycles. The lowest BCUT2D eigenvalue weighted by Crippen LogP contribution is -2.24. The van der Waals surface area contributed by atoms with E-state index in [4.69, 9.17) is 5.73 Å². The van der Waals surface area contributed by atoms with Crippen molar-refractivity contribution in [1.29, 1.82) is 0 Å². The molecule has 0 spiro atoms. The number of carbonyl (C=O) groups is 1. The van der Waals surface area contributed by atoms with E-state index in [1.54, 1.807) is 12.4 Å². The number of hydrogen-bond donors (Lipinski definition) is 2. The van der Waals surface area contributed by atoms with Crippen molar-refractivity contribution < 1.29 is 4.79 Å². The molecule has 84 valence electrons. The minimum Gasteiger partial charge on any atom is -0.324 e. The smallest absolute Gasteiger partial charge is 0.231 e. The first kappa shape index (κ1) is 10.8. The van der Waals surface area contributed by atoms with Gasteiger partial charge in [0.1, 0.15) is 0 Å². The van der Waals surface area contributed by atoms with Gasteiger partial charge in [0, 0.05) is 12.2 Å². The summed E-state index contributed by atoms with van der Waals surface area (Å²) in [6.45, 7) is 1.94. The standard InChI is InChI=1S/C12H15N3O/c1-8-4-5-14-7-11(8)15-12(16)9-2-3-10(13)6-9/h2-5,7,9-10H,6,13H2,1H3,(H,15,16). The van der Waals surface area contributed by atoms with Crippen LogP contribution in [0, 0.1) is 12.8 Å². The maximum Gasteiger partial charge on any atom is 0.231 e. The second kappa shape index (κ2) is 4.45. The van der Waals surface area contributed by atoms with Crippen molar-refractivity contribution in [2.45, 2.75) is 19.4 Å². The number of nitrogens with two attached hydrogens (primary N) is 1. The molecule has 0 bridgehead atoms. The summed E-state index contributed by atoms with van der Waals surface area (Å²) in [5.41, 5.74) is 7.48. The van der Waals surface area contributed by atoms with Gasteiger partial charge in [0.25, 0.3) is 0 Å². The molecule has 1 aromatic rings. The average Bonchev–Trinajstić information content (AvgIpc) is 2.68. The number of hydrogen-bond acceptors (Lipinski definition) is 3. The normalized spacial score (nSPS) is 23.4. The van der Waals surface area contributed by atoms with Crippen molar-refractivity contribution in [3.63, 3.8) is 0 Å².